The van der Waals surface area contributed by atoms with Crippen molar-refractivity contribution in [2.75, 3.05) is 5.32 Å². The van der Waals surface area contributed by atoms with E-state index in [1.165, 1.54) is 0 Å². The molecule has 24 heavy (non-hydrogen) atoms. The van der Waals surface area contributed by atoms with Crippen LogP contribution in [0.5, 0.6) is 0 Å². The number of carbonyl (C=O) groups excluding carboxylic acids is 1. The molecule has 1 saturated carbocycles. The molecule has 0 radical (unpaired) electrons. The van der Waals surface area contributed by atoms with E-state index < -0.39 is 0 Å². The molecule has 4 heteroatoms. The van der Waals surface area contributed by atoms with Crippen molar-refractivity contribution in [3.05, 3.63) is 66.2 Å². The van der Waals surface area contributed by atoms with Crippen molar-refractivity contribution in [2.45, 2.75) is 44.4 Å². The monoisotopic (exact) mass is 324 g/mol. The van der Waals surface area contributed by atoms with Gasteiger partial charge in [-0.25, -0.2) is 4.79 Å². The molecule has 4 nitrogen and oxygen atoms in total. The maximum Gasteiger partial charge on any atom is 0.407 e. The second-order valence-corrected chi connectivity index (χ2v) is 6.26. The van der Waals surface area contributed by atoms with Gasteiger partial charge >= 0.3 is 6.09 Å². The predicted molar refractivity (Wildman–Crippen MR) is 95.9 cm³/mol. The molecule has 3 rings (SSSR count). The Morgan fingerprint density at radius 2 is 1.46 bits per heavy atom. The second-order valence-electron chi connectivity index (χ2n) is 6.26. The van der Waals surface area contributed by atoms with E-state index >= 15 is 0 Å². The molecule has 0 aliphatic heterocycles. The SMILES string of the molecule is O=C(N[C@H]1CC[C@@H](Nc2ccccc2)CC1)OCc1ccccc1. The van der Waals surface area contributed by atoms with Gasteiger partial charge in [-0.05, 0) is 43.4 Å². The Morgan fingerprint density at radius 1 is 0.875 bits per heavy atom. The zero-order valence-corrected chi connectivity index (χ0v) is 13.8. The first kappa shape index (κ1) is 16.4. The summed E-state index contributed by atoms with van der Waals surface area (Å²) >= 11 is 0. The van der Waals surface area contributed by atoms with Gasteiger partial charge in [0.1, 0.15) is 6.61 Å². The van der Waals surface area contributed by atoms with E-state index in [9.17, 15) is 4.79 Å². The molecule has 0 saturated heterocycles. The van der Waals surface area contributed by atoms with Crippen molar-refractivity contribution in [3.8, 4) is 0 Å². The molecule has 0 bridgehead atoms. The molecular weight excluding hydrogens is 300 g/mol. The zero-order chi connectivity index (χ0) is 16.6. The highest BCUT2D eigenvalue weighted by atomic mass is 16.5. The molecule has 1 amide bonds. The van der Waals surface area contributed by atoms with Crippen molar-refractivity contribution < 1.29 is 9.53 Å². The first-order chi connectivity index (χ1) is 11.8. The lowest BCUT2D eigenvalue weighted by molar-refractivity contribution is 0.132. The Labute approximate surface area is 143 Å². The molecule has 0 heterocycles. The average molecular weight is 324 g/mol. The van der Waals surface area contributed by atoms with Gasteiger partial charge in [0, 0.05) is 17.8 Å². The lowest BCUT2D eigenvalue weighted by Gasteiger charge is -2.30. The van der Waals surface area contributed by atoms with Gasteiger partial charge in [0.25, 0.3) is 0 Å². The summed E-state index contributed by atoms with van der Waals surface area (Å²) in [7, 11) is 0. The Kier molecular flexibility index (Phi) is 5.72. The zero-order valence-electron chi connectivity index (χ0n) is 13.8. The minimum Gasteiger partial charge on any atom is -0.445 e. The van der Waals surface area contributed by atoms with Gasteiger partial charge in [0.2, 0.25) is 0 Å². The molecular formula is C20H24N2O2. The van der Waals surface area contributed by atoms with Crippen LogP contribution in [-0.4, -0.2) is 18.2 Å². The highest BCUT2D eigenvalue weighted by molar-refractivity contribution is 5.67. The van der Waals surface area contributed by atoms with Crippen LogP contribution in [0.25, 0.3) is 0 Å². The normalized spacial score (nSPS) is 20.2. The van der Waals surface area contributed by atoms with Crippen LogP contribution in [0.1, 0.15) is 31.2 Å². The number of hydrogen-bond acceptors (Lipinski definition) is 3. The summed E-state index contributed by atoms with van der Waals surface area (Å²) in [5.41, 5.74) is 2.17. The molecule has 126 valence electrons. The largest absolute Gasteiger partial charge is 0.445 e. The molecule has 0 unspecified atom stereocenters. The van der Waals surface area contributed by atoms with Gasteiger partial charge in [0.15, 0.2) is 0 Å². The summed E-state index contributed by atoms with van der Waals surface area (Å²) in [6.07, 6.45) is 3.74. The summed E-state index contributed by atoms with van der Waals surface area (Å²) in [6, 6.07) is 20.7. The number of anilines is 1. The molecule has 2 aromatic carbocycles. The van der Waals surface area contributed by atoms with Crippen molar-refractivity contribution in [1.82, 2.24) is 5.32 Å². The van der Waals surface area contributed by atoms with E-state index in [1.807, 2.05) is 48.5 Å². The Balaban J connectivity index is 1.36. The van der Waals surface area contributed by atoms with E-state index in [0.29, 0.717) is 12.6 Å². The van der Waals surface area contributed by atoms with Crippen molar-refractivity contribution >= 4 is 11.8 Å². The van der Waals surface area contributed by atoms with Gasteiger partial charge in [-0.3, -0.25) is 0 Å². The minimum absolute atomic E-state index is 0.210. The first-order valence-electron chi connectivity index (χ1n) is 8.58. The fourth-order valence-electron chi connectivity index (χ4n) is 3.08. The molecule has 0 atom stereocenters. The summed E-state index contributed by atoms with van der Waals surface area (Å²) < 4.78 is 5.29. The van der Waals surface area contributed by atoms with Gasteiger partial charge in [0.05, 0.1) is 0 Å². The third-order valence-electron chi connectivity index (χ3n) is 4.41. The minimum atomic E-state index is -0.321. The molecule has 0 spiro atoms. The smallest absolute Gasteiger partial charge is 0.407 e. The van der Waals surface area contributed by atoms with Crippen LogP contribution in [0, 0.1) is 0 Å². The summed E-state index contributed by atoms with van der Waals surface area (Å²) in [6.45, 7) is 0.317. The number of carbonyl (C=O) groups is 1. The summed E-state index contributed by atoms with van der Waals surface area (Å²) in [4.78, 5) is 11.9. The average Bonchev–Trinajstić information content (AvgIpc) is 2.63. The summed E-state index contributed by atoms with van der Waals surface area (Å²) in [5.74, 6) is 0. The second kappa shape index (κ2) is 8.39. The number of ether oxygens (including phenoxy) is 1. The lowest BCUT2D eigenvalue weighted by atomic mass is 9.91. The topological polar surface area (TPSA) is 50.4 Å². The van der Waals surface area contributed by atoms with Crippen LogP contribution in [0.3, 0.4) is 0 Å². The molecule has 1 aliphatic carbocycles. The molecule has 1 fully saturated rings. The Bertz CT molecular complexity index is 623. The fourth-order valence-corrected chi connectivity index (χ4v) is 3.08. The van der Waals surface area contributed by atoms with Crippen LogP contribution in [0.2, 0.25) is 0 Å². The lowest BCUT2D eigenvalue weighted by Crippen LogP contribution is -2.40. The number of nitrogens with one attached hydrogen (secondary N) is 2. The van der Waals surface area contributed by atoms with Crippen LogP contribution < -0.4 is 10.6 Å². The van der Waals surface area contributed by atoms with Crippen molar-refractivity contribution in [1.29, 1.82) is 0 Å². The van der Waals surface area contributed by atoms with Crippen LogP contribution in [0.15, 0.2) is 60.7 Å². The van der Waals surface area contributed by atoms with E-state index in [1.54, 1.807) is 0 Å². The van der Waals surface area contributed by atoms with Crippen molar-refractivity contribution in [3.63, 3.8) is 0 Å². The number of rotatable bonds is 5. The number of benzene rings is 2. The molecule has 2 aromatic rings. The molecule has 0 aromatic heterocycles. The number of hydrogen-bond donors (Lipinski definition) is 2. The number of alkyl carbamates (subject to hydrolysis) is 1. The van der Waals surface area contributed by atoms with E-state index in [2.05, 4.69) is 22.8 Å². The number of para-hydroxylation sites is 1. The first-order valence-corrected chi connectivity index (χ1v) is 8.58. The van der Waals surface area contributed by atoms with Crippen LogP contribution >= 0.6 is 0 Å². The fraction of sp³-hybridized carbons (Fsp3) is 0.350. The van der Waals surface area contributed by atoms with Crippen molar-refractivity contribution in [2.24, 2.45) is 0 Å². The predicted octanol–water partition coefficient (Wildman–Crippen LogP) is 4.34. The van der Waals surface area contributed by atoms with Gasteiger partial charge in [-0.1, -0.05) is 48.5 Å². The summed E-state index contributed by atoms with van der Waals surface area (Å²) in [5, 5.41) is 6.54. The quantitative estimate of drug-likeness (QED) is 0.860. The maximum absolute atomic E-state index is 11.9. The molecule has 2 N–H and O–H groups in total. The maximum atomic E-state index is 11.9. The van der Waals surface area contributed by atoms with E-state index in [-0.39, 0.29) is 12.1 Å². The van der Waals surface area contributed by atoms with Crippen LogP contribution in [0.4, 0.5) is 10.5 Å². The highest BCUT2D eigenvalue weighted by Gasteiger charge is 2.22. The Morgan fingerprint density at radius 3 is 2.12 bits per heavy atom. The highest BCUT2D eigenvalue weighted by Crippen LogP contribution is 2.22. The Hall–Kier alpha value is -2.49. The van der Waals surface area contributed by atoms with Gasteiger partial charge in [-0.2, -0.15) is 0 Å². The van der Waals surface area contributed by atoms with Crippen LogP contribution in [-0.2, 0) is 11.3 Å². The molecule has 1 aliphatic rings. The van der Waals surface area contributed by atoms with Gasteiger partial charge in [-0.15, -0.1) is 0 Å². The van der Waals surface area contributed by atoms with Gasteiger partial charge < -0.3 is 15.4 Å². The number of amides is 1. The third-order valence-corrected chi connectivity index (χ3v) is 4.41. The third kappa shape index (κ3) is 5.01. The van der Waals surface area contributed by atoms with E-state index in [4.69, 9.17) is 4.74 Å². The standard InChI is InChI=1S/C20H24N2O2/c23-20(24-15-16-7-3-1-4-8-16)22-19-13-11-18(12-14-19)21-17-9-5-2-6-10-17/h1-10,18-19,21H,11-15H2,(H,22,23)/t18-,19+. The van der Waals surface area contributed by atoms with E-state index in [0.717, 1.165) is 36.9 Å².